The van der Waals surface area contributed by atoms with Crippen LogP contribution < -0.4 is 5.11 Å². The molecule has 0 saturated carbocycles. The summed E-state index contributed by atoms with van der Waals surface area (Å²) < 4.78 is 34.4. The Morgan fingerprint density at radius 1 is 1.12 bits per heavy atom. The number of allylic oxidation sites excluding steroid dienone is 5. The molecule has 6 heteroatoms. The van der Waals surface area contributed by atoms with E-state index in [9.17, 15) is 13.5 Å². The van der Waals surface area contributed by atoms with Crippen LogP contribution in [0.1, 0.15) is 23.6 Å². The Morgan fingerprint density at radius 2 is 1.71 bits per heavy atom. The van der Waals surface area contributed by atoms with Crippen molar-refractivity contribution < 1.29 is 18.3 Å². The Hall–Kier alpha value is -2.34. The summed E-state index contributed by atoms with van der Waals surface area (Å²) in [4.78, 5) is 0.173. The first-order valence-corrected chi connectivity index (χ1v) is 9.02. The molecular formula is C18H20NO4S-. The van der Waals surface area contributed by atoms with Crippen LogP contribution in [-0.2, 0) is 14.8 Å². The first-order chi connectivity index (χ1) is 11.3. The van der Waals surface area contributed by atoms with Crippen molar-refractivity contribution in [3.05, 3.63) is 64.6 Å². The first kappa shape index (κ1) is 18.0. The van der Waals surface area contributed by atoms with Crippen molar-refractivity contribution in [3.63, 3.8) is 0 Å². The Morgan fingerprint density at radius 3 is 2.29 bits per heavy atom. The second-order valence-electron chi connectivity index (χ2n) is 5.53. The minimum Gasteiger partial charge on any atom is -0.613 e. The van der Waals surface area contributed by atoms with Gasteiger partial charge >= 0.3 is 0 Å². The van der Waals surface area contributed by atoms with Gasteiger partial charge in [-0.3, -0.25) is 0 Å². The van der Waals surface area contributed by atoms with E-state index in [1.807, 2.05) is 6.92 Å². The highest BCUT2D eigenvalue weighted by Gasteiger charge is 2.21. The zero-order chi connectivity index (χ0) is 17.9. The average molecular weight is 346 g/mol. The molecule has 5 nitrogen and oxygen atoms in total. The number of sulfonamides is 1. The summed E-state index contributed by atoms with van der Waals surface area (Å²) in [6.07, 6.45) is 6.26. The minimum atomic E-state index is -3.95. The molecule has 0 atom stereocenters. The van der Waals surface area contributed by atoms with Crippen molar-refractivity contribution in [2.24, 2.45) is 4.40 Å². The predicted molar refractivity (Wildman–Crippen MR) is 92.2 cm³/mol. The van der Waals surface area contributed by atoms with Crippen LogP contribution in [0.25, 0.3) is 0 Å². The van der Waals surface area contributed by atoms with E-state index < -0.39 is 16.0 Å². The van der Waals surface area contributed by atoms with Crippen LogP contribution in [0.15, 0.2) is 57.2 Å². The van der Waals surface area contributed by atoms with Crippen LogP contribution in [0, 0.1) is 20.8 Å². The maximum Gasteiger partial charge on any atom is 0.283 e. The van der Waals surface area contributed by atoms with E-state index in [2.05, 4.69) is 4.40 Å². The van der Waals surface area contributed by atoms with Crippen LogP contribution in [0.5, 0.6) is 0 Å². The van der Waals surface area contributed by atoms with Gasteiger partial charge in [-0.1, -0.05) is 42.8 Å². The Bertz CT molecular complexity index is 851. The number of hydrogen-bond donors (Lipinski definition) is 0. The first-order valence-electron chi connectivity index (χ1n) is 7.58. The fourth-order valence-electron chi connectivity index (χ4n) is 2.68. The summed E-state index contributed by atoms with van der Waals surface area (Å²) in [5.74, 6) is -0.593. The molecule has 0 saturated heterocycles. The smallest absolute Gasteiger partial charge is 0.283 e. The van der Waals surface area contributed by atoms with Gasteiger partial charge in [-0.15, -0.1) is 0 Å². The van der Waals surface area contributed by atoms with E-state index in [1.165, 1.54) is 12.2 Å². The normalized spacial score (nSPS) is 18.1. The maximum absolute atomic E-state index is 12.8. The number of rotatable bonds is 4. The molecule has 1 aromatic rings. The largest absolute Gasteiger partial charge is 0.613 e. The molecule has 0 aliphatic heterocycles. The molecule has 1 aliphatic carbocycles. The van der Waals surface area contributed by atoms with Crippen molar-refractivity contribution >= 4 is 15.7 Å². The van der Waals surface area contributed by atoms with Crippen molar-refractivity contribution in [3.8, 4) is 0 Å². The van der Waals surface area contributed by atoms with Gasteiger partial charge in [0.15, 0.2) is 0 Å². The Balaban J connectivity index is 2.59. The highest BCUT2D eigenvalue weighted by atomic mass is 32.2. The standard InChI is InChI=1S/C18H21NO4S/c1-5-23-18(20)15-8-6-7-9-16(15)19-24(21,22)17-13(3)10-12(2)11-14(17)4/h6-11,20H,5H2,1-4H3/p-1. The molecule has 2 rings (SSSR count). The lowest BCUT2D eigenvalue weighted by Crippen LogP contribution is -2.17. The van der Waals surface area contributed by atoms with E-state index in [0.29, 0.717) is 11.1 Å². The molecular weight excluding hydrogens is 326 g/mol. The van der Waals surface area contributed by atoms with Crippen molar-refractivity contribution in [2.45, 2.75) is 32.6 Å². The number of ether oxygens (including phenoxy) is 1. The number of hydrogen-bond acceptors (Lipinski definition) is 4. The summed E-state index contributed by atoms with van der Waals surface area (Å²) in [6.45, 7) is 7.27. The quantitative estimate of drug-likeness (QED) is 0.785. The lowest BCUT2D eigenvalue weighted by molar-refractivity contribution is -0.357. The zero-order valence-electron chi connectivity index (χ0n) is 14.2. The van der Waals surface area contributed by atoms with Gasteiger partial charge in [-0.2, -0.15) is 12.8 Å². The van der Waals surface area contributed by atoms with Gasteiger partial charge in [0.25, 0.3) is 10.0 Å². The van der Waals surface area contributed by atoms with Gasteiger partial charge in [0.1, 0.15) is 0 Å². The molecule has 0 unspecified atom stereocenters. The molecule has 24 heavy (non-hydrogen) atoms. The third-order valence-corrected chi connectivity index (χ3v) is 5.08. The highest BCUT2D eigenvalue weighted by Crippen LogP contribution is 2.25. The maximum atomic E-state index is 12.8. The number of nitrogens with zero attached hydrogens (tertiary/aromatic N) is 1. The van der Waals surface area contributed by atoms with Gasteiger partial charge in [-0.05, 0) is 44.6 Å². The van der Waals surface area contributed by atoms with Crippen molar-refractivity contribution in [1.82, 2.24) is 0 Å². The molecule has 0 aromatic heterocycles. The zero-order valence-corrected chi connectivity index (χ0v) is 15.0. The van der Waals surface area contributed by atoms with E-state index in [4.69, 9.17) is 4.74 Å². The molecule has 0 fully saturated rings. The van der Waals surface area contributed by atoms with Gasteiger partial charge < -0.3 is 9.84 Å². The summed E-state index contributed by atoms with van der Waals surface area (Å²) >= 11 is 0. The van der Waals surface area contributed by atoms with Gasteiger partial charge in [-0.25, -0.2) is 0 Å². The van der Waals surface area contributed by atoms with Crippen LogP contribution in [0.3, 0.4) is 0 Å². The Kier molecular flexibility index (Phi) is 5.29. The number of aryl methyl sites for hydroxylation is 3. The van der Waals surface area contributed by atoms with E-state index in [-0.39, 0.29) is 22.8 Å². The lowest BCUT2D eigenvalue weighted by atomic mass is 10.1. The van der Waals surface area contributed by atoms with Crippen LogP contribution in [-0.4, -0.2) is 20.7 Å². The van der Waals surface area contributed by atoms with Crippen LogP contribution in [0.4, 0.5) is 0 Å². The van der Waals surface area contributed by atoms with Crippen molar-refractivity contribution in [1.29, 1.82) is 0 Å². The highest BCUT2D eigenvalue weighted by molar-refractivity contribution is 7.90. The molecule has 1 aromatic carbocycles. The lowest BCUT2D eigenvalue weighted by Gasteiger charge is -2.18. The van der Waals surface area contributed by atoms with Gasteiger partial charge in [0, 0.05) is 5.57 Å². The summed E-state index contributed by atoms with van der Waals surface area (Å²) in [5, 5.41) is 12.0. The molecule has 0 heterocycles. The average Bonchev–Trinajstić information content (AvgIpc) is 2.46. The number of benzene rings is 1. The molecule has 0 amide bonds. The molecule has 0 N–H and O–H groups in total. The minimum absolute atomic E-state index is 0.0790. The second-order valence-corrected chi connectivity index (χ2v) is 7.07. The summed E-state index contributed by atoms with van der Waals surface area (Å²) in [7, 11) is -3.95. The van der Waals surface area contributed by atoms with Crippen LogP contribution in [0.2, 0.25) is 0 Å². The second kappa shape index (κ2) is 7.05. The molecule has 0 bridgehead atoms. The predicted octanol–water partition coefficient (Wildman–Crippen LogP) is 2.48. The van der Waals surface area contributed by atoms with E-state index in [0.717, 1.165) is 5.56 Å². The van der Waals surface area contributed by atoms with Crippen molar-refractivity contribution in [2.75, 3.05) is 6.61 Å². The SMILES string of the molecule is CCOC([O-])=C1C=CC=CC1=NS(=O)(=O)c1c(C)cc(C)cc1C. The Labute approximate surface area is 142 Å². The molecule has 0 radical (unpaired) electrons. The molecule has 0 spiro atoms. The summed E-state index contributed by atoms with van der Waals surface area (Å²) in [6, 6.07) is 3.60. The van der Waals surface area contributed by atoms with E-state index >= 15 is 0 Å². The fraction of sp³-hybridized carbons (Fsp3) is 0.278. The third kappa shape index (κ3) is 3.76. The van der Waals surface area contributed by atoms with E-state index in [1.54, 1.807) is 45.1 Å². The molecule has 128 valence electrons. The summed E-state index contributed by atoms with van der Waals surface area (Å²) in [5.41, 5.74) is 2.45. The fourth-order valence-corrected chi connectivity index (χ4v) is 4.12. The monoisotopic (exact) mass is 346 g/mol. The topological polar surface area (TPSA) is 78.8 Å². The van der Waals surface area contributed by atoms with Gasteiger partial charge in [0.05, 0.1) is 16.6 Å². The van der Waals surface area contributed by atoms with Crippen LogP contribution >= 0.6 is 0 Å². The van der Waals surface area contributed by atoms with Gasteiger partial charge in [0.2, 0.25) is 0 Å². The molecule has 1 aliphatic rings. The third-order valence-electron chi connectivity index (χ3n) is 3.48.